The van der Waals surface area contributed by atoms with Crippen molar-refractivity contribution in [2.75, 3.05) is 26.8 Å². The van der Waals surface area contributed by atoms with Crippen molar-refractivity contribution in [3.8, 4) is 0 Å². The summed E-state index contributed by atoms with van der Waals surface area (Å²) in [6.45, 7) is 7.01. The molecule has 0 aliphatic carbocycles. The first-order chi connectivity index (χ1) is 9.78. The predicted molar refractivity (Wildman–Crippen MR) is 84.5 cm³/mol. The molecule has 6 heteroatoms. The molecule has 0 amide bonds. The number of ether oxygens (including phenoxy) is 1. The molecule has 0 bridgehead atoms. The van der Waals surface area contributed by atoms with Crippen LogP contribution in [0, 0.1) is 5.92 Å². The van der Waals surface area contributed by atoms with Gasteiger partial charge in [0.2, 0.25) is 10.0 Å². The van der Waals surface area contributed by atoms with Gasteiger partial charge in [0.1, 0.15) is 0 Å². The second-order valence-corrected chi connectivity index (χ2v) is 7.55. The van der Waals surface area contributed by atoms with Gasteiger partial charge in [-0.2, -0.15) is 4.31 Å². The Hall–Kier alpha value is -0.950. The predicted octanol–water partition coefficient (Wildman–Crippen LogP) is 2.00. The molecular weight excluding hydrogens is 288 g/mol. The molecule has 0 saturated heterocycles. The van der Waals surface area contributed by atoms with Gasteiger partial charge in [-0.3, -0.25) is 0 Å². The van der Waals surface area contributed by atoms with Crippen LogP contribution in [0.2, 0.25) is 0 Å². The zero-order valence-corrected chi connectivity index (χ0v) is 14.1. The summed E-state index contributed by atoms with van der Waals surface area (Å²) in [5.74, 6) is 0.244. The fourth-order valence-electron chi connectivity index (χ4n) is 2.02. The summed E-state index contributed by atoms with van der Waals surface area (Å²) in [7, 11) is -1.96. The van der Waals surface area contributed by atoms with Crippen LogP contribution in [0.3, 0.4) is 0 Å². The van der Waals surface area contributed by atoms with E-state index in [1.165, 1.54) is 4.31 Å². The molecule has 0 fully saturated rings. The molecule has 1 rings (SSSR count). The van der Waals surface area contributed by atoms with E-state index in [1.807, 2.05) is 26.8 Å². The van der Waals surface area contributed by atoms with E-state index in [0.717, 1.165) is 5.56 Å². The summed E-state index contributed by atoms with van der Waals surface area (Å²) in [5.41, 5.74) is 6.65. The Balaban J connectivity index is 3.12. The second kappa shape index (κ2) is 7.89. The first-order valence-corrected chi connectivity index (χ1v) is 8.57. The topological polar surface area (TPSA) is 72.6 Å². The molecular formula is C15H26N2O3S. The van der Waals surface area contributed by atoms with E-state index in [2.05, 4.69) is 0 Å². The van der Waals surface area contributed by atoms with Crippen molar-refractivity contribution >= 4 is 10.0 Å². The Kier molecular flexibility index (Phi) is 6.80. The van der Waals surface area contributed by atoms with Gasteiger partial charge < -0.3 is 10.5 Å². The third-order valence-corrected chi connectivity index (χ3v) is 5.00. The molecule has 0 heterocycles. The Bertz CT molecular complexity index is 542. The van der Waals surface area contributed by atoms with E-state index in [9.17, 15) is 8.42 Å². The summed E-state index contributed by atoms with van der Waals surface area (Å²) in [6, 6.07) is 6.64. The fourth-order valence-corrected chi connectivity index (χ4v) is 3.66. The third kappa shape index (κ3) is 5.07. The molecule has 0 aliphatic rings. The molecule has 0 spiro atoms. The summed E-state index contributed by atoms with van der Waals surface area (Å²) in [5, 5.41) is 0. The average Bonchev–Trinajstić information content (AvgIpc) is 2.43. The van der Waals surface area contributed by atoms with Gasteiger partial charge in [0.05, 0.1) is 11.5 Å². The molecule has 5 nitrogen and oxygen atoms in total. The Labute approximate surface area is 128 Å². The minimum Gasteiger partial charge on any atom is -0.383 e. The zero-order valence-electron chi connectivity index (χ0n) is 13.2. The molecule has 1 aromatic rings. The lowest BCUT2D eigenvalue weighted by Gasteiger charge is -2.24. The van der Waals surface area contributed by atoms with Crippen molar-refractivity contribution in [3.05, 3.63) is 29.8 Å². The van der Waals surface area contributed by atoms with Gasteiger partial charge >= 0.3 is 0 Å². The molecule has 120 valence electrons. The second-order valence-electron chi connectivity index (χ2n) is 5.61. The monoisotopic (exact) mass is 314 g/mol. The number of nitrogens with zero attached hydrogens (tertiary/aromatic N) is 1. The number of rotatable bonds is 8. The minimum atomic E-state index is -3.53. The maximum atomic E-state index is 12.8. The Morgan fingerprint density at radius 1 is 1.29 bits per heavy atom. The van der Waals surface area contributed by atoms with Gasteiger partial charge in [0, 0.05) is 26.2 Å². The standard InChI is InChI=1S/C15H26N2O3S/c1-12(2)11-17(8-9-20-4)21(18,19)15-7-5-6-14(10-15)13(3)16/h5-7,10,12-13H,8-9,11,16H2,1-4H3. The van der Waals surface area contributed by atoms with Crippen LogP contribution in [-0.4, -0.2) is 39.5 Å². The highest BCUT2D eigenvalue weighted by Crippen LogP contribution is 2.20. The highest BCUT2D eigenvalue weighted by atomic mass is 32.2. The highest BCUT2D eigenvalue weighted by molar-refractivity contribution is 7.89. The number of nitrogens with two attached hydrogens (primary N) is 1. The fraction of sp³-hybridized carbons (Fsp3) is 0.600. The largest absolute Gasteiger partial charge is 0.383 e. The lowest BCUT2D eigenvalue weighted by Crippen LogP contribution is -2.36. The van der Waals surface area contributed by atoms with Gasteiger partial charge in [0.25, 0.3) is 0 Å². The van der Waals surface area contributed by atoms with Crippen molar-refractivity contribution in [2.24, 2.45) is 11.7 Å². The Morgan fingerprint density at radius 2 is 1.95 bits per heavy atom. The third-order valence-electron chi connectivity index (χ3n) is 3.14. The van der Waals surface area contributed by atoms with Crippen molar-refractivity contribution in [1.29, 1.82) is 0 Å². The van der Waals surface area contributed by atoms with Gasteiger partial charge in [0.15, 0.2) is 0 Å². The van der Waals surface area contributed by atoms with Crippen molar-refractivity contribution in [1.82, 2.24) is 4.31 Å². The van der Waals surface area contributed by atoms with Crippen LogP contribution in [0.1, 0.15) is 32.4 Å². The zero-order chi connectivity index (χ0) is 16.0. The van der Waals surface area contributed by atoms with E-state index >= 15 is 0 Å². The molecule has 1 atom stereocenters. The molecule has 0 aromatic heterocycles. The quantitative estimate of drug-likeness (QED) is 0.796. The van der Waals surface area contributed by atoms with Crippen molar-refractivity contribution in [2.45, 2.75) is 31.7 Å². The highest BCUT2D eigenvalue weighted by Gasteiger charge is 2.25. The molecule has 21 heavy (non-hydrogen) atoms. The lowest BCUT2D eigenvalue weighted by atomic mass is 10.1. The Morgan fingerprint density at radius 3 is 2.48 bits per heavy atom. The number of methoxy groups -OCH3 is 1. The molecule has 2 N–H and O–H groups in total. The van der Waals surface area contributed by atoms with Crippen LogP contribution in [0.4, 0.5) is 0 Å². The summed E-state index contributed by atoms with van der Waals surface area (Å²) >= 11 is 0. The first kappa shape index (κ1) is 18.1. The van der Waals surface area contributed by atoms with Gasteiger partial charge in [-0.05, 0) is 30.5 Å². The number of hydrogen-bond donors (Lipinski definition) is 1. The molecule has 0 aliphatic heterocycles. The van der Waals surface area contributed by atoms with Crippen LogP contribution < -0.4 is 5.73 Å². The summed E-state index contributed by atoms with van der Waals surface area (Å²) in [6.07, 6.45) is 0. The molecule has 1 aromatic carbocycles. The van der Waals surface area contributed by atoms with Crippen LogP contribution in [0.15, 0.2) is 29.2 Å². The normalized spacial score (nSPS) is 13.9. The smallest absolute Gasteiger partial charge is 0.243 e. The average molecular weight is 314 g/mol. The summed E-state index contributed by atoms with van der Waals surface area (Å²) < 4.78 is 32.1. The molecule has 0 radical (unpaired) electrons. The molecule has 0 saturated carbocycles. The SMILES string of the molecule is COCCN(CC(C)C)S(=O)(=O)c1cccc(C(C)N)c1. The van der Waals surface area contributed by atoms with Crippen LogP contribution in [0.5, 0.6) is 0 Å². The van der Waals surface area contributed by atoms with Gasteiger partial charge in [-0.1, -0.05) is 26.0 Å². The first-order valence-electron chi connectivity index (χ1n) is 7.13. The van der Waals surface area contributed by atoms with Crippen molar-refractivity contribution < 1.29 is 13.2 Å². The van der Waals surface area contributed by atoms with E-state index in [-0.39, 0.29) is 16.9 Å². The van der Waals surface area contributed by atoms with Crippen molar-refractivity contribution in [3.63, 3.8) is 0 Å². The lowest BCUT2D eigenvalue weighted by molar-refractivity contribution is 0.175. The van der Waals surface area contributed by atoms with Crippen LogP contribution in [-0.2, 0) is 14.8 Å². The van der Waals surface area contributed by atoms with E-state index < -0.39 is 10.0 Å². The van der Waals surface area contributed by atoms with Crippen LogP contribution in [0.25, 0.3) is 0 Å². The van der Waals surface area contributed by atoms with E-state index in [1.54, 1.807) is 25.3 Å². The van der Waals surface area contributed by atoms with E-state index in [4.69, 9.17) is 10.5 Å². The number of sulfonamides is 1. The van der Waals surface area contributed by atoms with E-state index in [0.29, 0.717) is 19.7 Å². The number of hydrogen-bond acceptors (Lipinski definition) is 4. The maximum absolute atomic E-state index is 12.8. The number of benzene rings is 1. The van der Waals surface area contributed by atoms with Gasteiger partial charge in [-0.15, -0.1) is 0 Å². The minimum absolute atomic E-state index is 0.197. The summed E-state index contributed by atoms with van der Waals surface area (Å²) in [4.78, 5) is 0.286. The maximum Gasteiger partial charge on any atom is 0.243 e. The van der Waals surface area contributed by atoms with Gasteiger partial charge in [-0.25, -0.2) is 8.42 Å². The molecule has 1 unspecified atom stereocenters. The van der Waals surface area contributed by atoms with Crippen LogP contribution >= 0.6 is 0 Å².